The van der Waals surface area contributed by atoms with E-state index in [9.17, 15) is 9.18 Å². The Hall–Kier alpha value is -2.52. The highest BCUT2D eigenvalue weighted by Gasteiger charge is 2.12. The van der Waals surface area contributed by atoms with Crippen LogP contribution in [-0.4, -0.2) is 5.78 Å². The van der Waals surface area contributed by atoms with Crippen molar-refractivity contribution in [1.29, 1.82) is 0 Å². The second-order valence-electron chi connectivity index (χ2n) is 5.15. The lowest BCUT2D eigenvalue weighted by molar-refractivity contribution is 0.103. The van der Waals surface area contributed by atoms with Crippen LogP contribution in [0, 0.1) is 5.82 Å². The minimum Gasteiger partial charge on any atom is -0.289 e. The number of halogens is 1. The number of thiophene rings is 1. The molecule has 0 spiro atoms. The summed E-state index contributed by atoms with van der Waals surface area (Å²) in [7, 11) is 0. The molecule has 4 aromatic rings. The highest BCUT2D eigenvalue weighted by Crippen LogP contribution is 2.34. The largest absolute Gasteiger partial charge is 0.289 e. The molecule has 0 saturated carbocycles. The van der Waals surface area contributed by atoms with Gasteiger partial charge in [0.1, 0.15) is 5.82 Å². The van der Waals surface area contributed by atoms with E-state index in [1.54, 1.807) is 11.3 Å². The van der Waals surface area contributed by atoms with Gasteiger partial charge in [-0.15, -0.1) is 11.3 Å². The minimum absolute atomic E-state index is 0.0859. The van der Waals surface area contributed by atoms with Crippen LogP contribution >= 0.6 is 11.3 Å². The zero-order chi connectivity index (χ0) is 15.1. The highest BCUT2D eigenvalue weighted by molar-refractivity contribution is 7.25. The molecule has 0 aliphatic rings. The molecule has 4 rings (SSSR count). The van der Waals surface area contributed by atoms with Gasteiger partial charge in [-0.25, -0.2) is 4.39 Å². The van der Waals surface area contributed by atoms with Gasteiger partial charge in [-0.3, -0.25) is 4.79 Å². The Bertz CT molecular complexity index is 999. The molecule has 0 atom stereocenters. The third kappa shape index (κ3) is 2.11. The molecule has 22 heavy (non-hydrogen) atoms. The molecule has 106 valence electrons. The van der Waals surface area contributed by atoms with Crippen LogP contribution in [0.1, 0.15) is 15.9 Å². The van der Waals surface area contributed by atoms with Crippen LogP contribution in [0.4, 0.5) is 4.39 Å². The first-order valence-corrected chi connectivity index (χ1v) is 7.75. The van der Waals surface area contributed by atoms with Crippen molar-refractivity contribution in [3.8, 4) is 0 Å². The van der Waals surface area contributed by atoms with Crippen LogP contribution in [0.25, 0.3) is 20.2 Å². The maximum absolute atomic E-state index is 13.0. The first-order valence-electron chi connectivity index (χ1n) is 6.94. The quantitative estimate of drug-likeness (QED) is 0.452. The average molecular weight is 306 g/mol. The Kier molecular flexibility index (Phi) is 3.01. The van der Waals surface area contributed by atoms with Gasteiger partial charge in [0.25, 0.3) is 0 Å². The Balaban J connectivity index is 1.86. The summed E-state index contributed by atoms with van der Waals surface area (Å²) in [6, 6.07) is 19.6. The molecule has 1 nitrogen and oxygen atoms in total. The lowest BCUT2D eigenvalue weighted by atomic mass is 10.0. The Labute approximate surface area is 130 Å². The van der Waals surface area contributed by atoms with E-state index in [2.05, 4.69) is 12.1 Å². The number of benzene rings is 3. The fourth-order valence-corrected chi connectivity index (χ4v) is 3.72. The van der Waals surface area contributed by atoms with Gasteiger partial charge in [0.2, 0.25) is 0 Å². The summed E-state index contributed by atoms with van der Waals surface area (Å²) in [4.78, 5) is 12.5. The zero-order valence-electron chi connectivity index (χ0n) is 11.5. The first-order chi connectivity index (χ1) is 10.7. The topological polar surface area (TPSA) is 17.1 Å². The van der Waals surface area contributed by atoms with E-state index in [-0.39, 0.29) is 11.6 Å². The Morgan fingerprint density at radius 3 is 2.27 bits per heavy atom. The van der Waals surface area contributed by atoms with E-state index >= 15 is 0 Å². The molecular formula is C19H11FOS. The molecule has 0 unspecified atom stereocenters. The number of rotatable bonds is 2. The third-order valence-electron chi connectivity index (χ3n) is 3.75. The number of fused-ring (bicyclic) bond motifs is 3. The van der Waals surface area contributed by atoms with Gasteiger partial charge in [0.05, 0.1) is 0 Å². The number of ketones is 1. The standard InChI is InChI=1S/C19H11FOS/c20-14-8-5-12(6-9-14)19(21)13-7-10-18-16(11-13)15-3-1-2-4-17(15)22-18/h1-11H. The van der Waals surface area contributed by atoms with Crippen LogP contribution in [-0.2, 0) is 0 Å². The second-order valence-corrected chi connectivity index (χ2v) is 6.23. The Morgan fingerprint density at radius 2 is 1.45 bits per heavy atom. The summed E-state index contributed by atoms with van der Waals surface area (Å²) >= 11 is 1.72. The van der Waals surface area contributed by atoms with Crippen molar-refractivity contribution in [3.63, 3.8) is 0 Å². The van der Waals surface area contributed by atoms with Gasteiger partial charge < -0.3 is 0 Å². The molecule has 0 fully saturated rings. The van der Waals surface area contributed by atoms with Crippen LogP contribution in [0.5, 0.6) is 0 Å². The van der Waals surface area contributed by atoms with Crippen molar-refractivity contribution in [3.05, 3.63) is 83.7 Å². The summed E-state index contributed by atoms with van der Waals surface area (Å²) < 4.78 is 15.4. The highest BCUT2D eigenvalue weighted by atomic mass is 32.1. The normalized spacial score (nSPS) is 11.1. The van der Waals surface area contributed by atoms with Crippen molar-refractivity contribution in [1.82, 2.24) is 0 Å². The number of hydrogen-bond donors (Lipinski definition) is 0. The lowest BCUT2D eigenvalue weighted by Gasteiger charge is -2.02. The predicted octanol–water partition coefficient (Wildman–Crippen LogP) is 5.42. The van der Waals surface area contributed by atoms with E-state index in [1.807, 2.05) is 30.3 Å². The van der Waals surface area contributed by atoms with E-state index < -0.39 is 0 Å². The average Bonchev–Trinajstić information content (AvgIpc) is 2.92. The summed E-state index contributed by atoms with van der Waals surface area (Å²) in [5.41, 5.74) is 1.13. The van der Waals surface area contributed by atoms with Crippen molar-refractivity contribution >= 4 is 37.3 Å². The van der Waals surface area contributed by atoms with E-state index in [0.29, 0.717) is 11.1 Å². The summed E-state index contributed by atoms with van der Waals surface area (Å²) in [6.45, 7) is 0. The molecule has 0 aliphatic heterocycles. The van der Waals surface area contributed by atoms with Crippen molar-refractivity contribution < 1.29 is 9.18 Å². The second kappa shape index (κ2) is 5.04. The fraction of sp³-hybridized carbons (Fsp3) is 0. The molecule has 0 saturated heterocycles. The van der Waals surface area contributed by atoms with E-state index in [0.717, 1.165) is 15.5 Å². The van der Waals surface area contributed by atoms with Gasteiger partial charge in [0, 0.05) is 31.3 Å². The van der Waals surface area contributed by atoms with Gasteiger partial charge in [-0.1, -0.05) is 18.2 Å². The van der Waals surface area contributed by atoms with E-state index in [4.69, 9.17) is 0 Å². The van der Waals surface area contributed by atoms with Crippen molar-refractivity contribution in [2.45, 2.75) is 0 Å². The zero-order valence-corrected chi connectivity index (χ0v) is 12.4. The number of hydrogen-bond acceptors (Lipinski definition) is 2. The Morgan fingerprint density at radius 1 is 0.773 bits per heavy atom. The van der Waals surface area contributed by atoms with Crippen LogP contribution in [0.15, 0.2) is 66.7 Å². The third-order valence-corrected chi connectivity index (χ3v) is 4.90. The fourth-order valence-electron chi connectivity index (χ4n) is 2.64. The monoisotopic (exact) mass is 306 g/mol. The molecule has 0 bridgehead atoms. The van der Waals surface area contributed by atoms with Gasteiger partial charge in [0.15, 0.2) is 5.78 Å². The van der Waals surface area contributed by atoms with E-state index in [1.165, 1.54) is 29.0 Å². The molecule has 0 radical (unpaired) electrons. The lowest BCUT2D eigenvalue weighted by Crippen LogP contribution is -2.00. The molecule has 1 heterocycles. The first kappa shape index (κ1) is 13.2. The van der Waals surface area contributed by atoms with Gasteiger partial charge in [-0.2, -0.15) is 0 Å². The smallest absolute Gasteiger partial charge is 0.193 e. The molecule has 3 aromatic carbocycles. The van der Waals surface area contributed by atoms with Crippen LogP contribution in [0.2, 0.25) is 0 Å². The number of carbonyl (C=O) groups is 1. The van der Waals surface area contributed by atoms with Crippen LogP contribution < -0.4 is 0 Å². The number of carbonyl (C=O) groups excluding carboxylic acids is 1. The maximum Gasteiger partial charge on any atom is 0.193 e. The molecule has 1 aromatic heterocycles. The van der Waals surface area contributed by atoms with Gasteiger partial charge >= 0.3 is 0 Å². The summed E-state index contributed by atoms with van der Waals surface area (Å²) in [6.07, 6.45) is 0. The molecule has 0 aliphatic carbocycles. The summed E-state index contributed by atoms with van der Waals surface area (Å²) in [5, 5.41) is 2.25. The van der Waals surface area contributed by atoms with Crippen LogP contribution in [0.3, 0.4) is 0 Å². The van der Waals surface area contributed by atoms with Crippen molar-refractivity contribution in [2.24, 2.45) is 0 Å². The maximum atomic E-state index is 13.0. The predicted molar refractivity (Wildman–Crippen MR) is 89.2 cm³/mol. The summed E-state index contributed by atoms with van der Waals surface area (Å²) in [5.74, 6) is -0.423. The molecule has 0 N–H and O–H groups in total. The molecule has 3 heteroatoms. The van der Waals surface area contributed by atoms with Gasteiger partial charge in [-0.05, 0) is 48.5 Å². The minimum atomic E-state index is -0.337. The molecule has 0 amide bonds. The SMILES string of the molecule is O=C(c1ccc(F)cc1)c1ccc2sc3ccccc3c2c1. The molecular weight excluding hydrogens is 295 g/mol. The van der Waals surface area contributed by atoms with Crippen molar-refractivity contribution in [2.75, 3.05) is 0 Å².